The lowest BCUT2D eigenvalue weighted by Crippen LogP contribution is -2.35. The molecule has 1 amide bonds. The lowest BCUT2D eigenvalue weighted by atomic mass is 10.2. The molecule has 0 spiro atoms. The van der Waals surface area contributed by atoms with Gasteiger partial charge in [-0.3, -0.25) is 4.79 Å². The Kier molecular flexibility index (Phi) is 3.65. The largest absolute Gasteiger partial charge is 0.325 e. The fourth-order valence-electron chi connectivity index (χ4n) is 1.89. The third-order valence-electron chi connectivity index (χ3n) is 2.81. The molecule has 0 radical (unpaired) electrons. The first kappa shape index (κ1) is 13.0. The van der Waals surface area contributed by atoms with E-state index >= 15 is 0 Å². The summed E-state index contributed by atoms with van der Waals surface area (Å²) in [6.07, 6.45) is 1.76. The molecule has 1 aliphatic heterocycles. The molecule has 1 heterocycles. The van der Waals surface area contributed by atoms with Crippen LogP contribution in [0.1, 0.15) is 12.8 Å². The minimum Gasteiger partial charge on any atom is -0.325 e. The molecular formula is C11H15N3O3S. The number of sulfonamides is 1. The normalized spacial score (nSPS) is 19.7. The Labute approximate surface area is 106 Å². The van der Waals surface area contributed by atoms with Crippen LogP contribution < -0.4 is 15.8 Å². The summed E-state index contributed by atoms with van der Waals surface area (Å²) in [4.78, 5) is 11.8. The molecule has 1 fully saturated rings. The van der Waals surface area contributed by atoms with Gasteiger partial charge in [0.15, 0.2) is 0 Å². The molecule has 7 heteroatoms. The molecule has 1 aromatic carbocycles. The lowest BCUT2D eigenvalue weighted by Gasteiger charge is -2.11. The predicted molar refractivity (Wildman–Crippen MR) is 67.5 cm³/mol. The van der Waals surface area contributed by atoms with E-state index in [0.717, 1.165) is 19.4 Å². The molecule has 0 saturated carbocycles. The minimum atomic E-state index is -3.75. The van der Waals surface area contributed by atoms with Gasteiger partial charge in [0.25, 0.3) is 0 Å². The molecule has 4 N–H and O–H groups in total. The highest BCUT2D eigenvalue weighted by Crippen LogP contribution is 2.15. The van der Waals surface area contributed by atoms with Crippen molar-refractivity contribution in [1.82, 2.24) is 5.32 Å². The van der Waals surface area contributed by atoms with Crippen molar-refractivity contribution in [2.45, 2.75) is 23.8 Å². The van der Waals surface area contributed by atoms with Gasteiger partial charge in [-0.15, -0.1) is 0 Å². The maximum atomic E-state index is 11.8. The topological polar surface area (TPSA) is 101 Å². The highest BCUT2D eigenvalue weighted by Gasteiger charge is 2.22. The van der Waals surface area contributed by atoms with Gasteiger partial charge >= 0.3 is 0 Å². The van der Waals surface area contributed by atoms with E-state index < -0.39 is 10.0 Å². The zero-order valence-corrected chi connectivity index (χ0v) is 10.5. The van der Waals surface area contributed by atoms with Crippen molar-refractivity contribution in [1.29, 1.82) is 0 Å². The van der Waals surface area contributed by atoms with E-state index in [1.165, 1.54) is 18.2 Å². The van der Waals surface area contributed by atoms with Gasteiger partial charge in [0.2, 0.25) is 15.9 Å². The Morgan fingerprint density at radius 2 is 2.22 bits per heavy atom. The smallest absolute Gasteiger partial charge is 0.241 e. The predicted octanol–water partition coefficient (Wildman–Crippen LogP) is 0.0245. The molecule has 1 atom stereocenters. The van der Waals surface area contributed by atoms with Crippen LogP contribution in [0.5, 0.6) is 0 Å². The van der Waals surface area contributed by atoms with Crippen LogP contribution in [0.2, 0.25) is 0 Å². The summed E-state index contributed by atoms with van der Waals surface area (Å²) in [7, 11) is -3.75. The number of hydrogen-bond donors (Lipinski definition) is 3. The maximum absolute atomic E-state index is 11.8. The summed E-state index contributed by atoms with van der Waals surface area (Å²) in [5.74, 6) is -0.154. The van der Waals surface area contributed by atoms with Crippen molar-refractivity contribution in [2.24, 2.45) is 5.14 Å². The van der Waals surface area contributed by atoms with Gasteiger partial charge in [-0.25, -0.2) is 13.6 Å². The van der Waals surface area contributed by atoms with E-state index in [1.807, 2.05) is 0 Å². The average molecular weight is 269 g/mol. The Hall–Kier alpha value is -1.44. The van der Waals surface area contributed by atoms with Crippen molar-refractivity contribution in [2.75, 3.05) is 11.9 Å². The van der Waals surface area contributed by atoms with Gasteiger partial charge in [-0.1, -0.05) is 6.07 Å². The molecule has 98 valence electrons. The summed E-state index contributed by atoms with van der Waals surface area (Å²) >= 11 is 0. The van der Waals surface area contributed by atoms with E-state index in [9.17, 15) is 13.2 Å². The average Bonchev–Trinajstić information content (AvgIpc) is 2.81. The Morgan fingerprint density at radius 1 is 1.44 bits per heavy atom. The molecule has 18 heavy (non-hydrogen) atoms. The first-order valence-electron chi connectivity index (χ1n) is 5.64. The first-order valence-corrected chi connectivity index (χ1v) is 7.18. The van der Waals surface area contributed by atoms with Gasteiger partial charge < -0.3 is 10.6 Å². The monoisotopic (exact) mass is 269 g/mol. The van der Waals surface area contributed by atoms with E-state index in [4.69, 9.17) is 5.14 Å². The highest BCUT2D eigenvalue weighted by atomic mass is 32.2. The van der Waals surface area contributed by atoms with Crippen LogP contribution in [0, 0.1) is 0 Å². The van der Waals surface area contributed by atoms with Crippen molar-refractivity contribution >= 4 is 21.6 Å². The number of rotatable bonds is 3. The molecular weight excluding hydrogens is 254 g/mol. The van der Waals surface area contributed by atoms with Gasteiger partial charge in [0, 0.05) is 5.69 Å². The van der Waals surface area contributed by atoms with E-state index in [1.54, 1.807) is 6.07 Å². The van der Waals surface area contributed by atoms with Crippen molar-refractivity contribution in [3.8, 4) is 0 Å². The fraction of sp³-hybridized carbons (Fsp3) is 0.364. The van der Waals surface area contributed by atoms with Crippen LogP contribution in [0.4, 0.5) is 5.69 Å². The molecule has 2 rings (SSSR count). The van der Waals surface area contributed by atoms with Crippen LogP contribution in [0.15, 0.2) is 29.2 Å². The van der Waals surface area contributed by atoms with Crippen molar-refractivity contribution in [3.63, 3.8) is 0 Å². The second-order valence-electron chi connectivity index (χ2n) is 4.21. The van der Waals surface area contributed by atoms with Crippen molar-refractivity contribution in [3.05, 3.63) is 24.3 Å². The minimum absolute atomic E-state index is 0.0142. The quantitative estimate of drug-likeness (QED) is 0.720. The standard InChI is InChI=1S/C11H15N3O3S/c12-18(16,17)9-4-1-3-8(7-9)14-11(15)10-5-2-6-13-10/h1,3-4,7,10,13H,2,5-6H2,(H,14,15)(H2,12,16,17)/t10-/m0/s1. The zero-order valence-electron chi connectivity index (χ0n) is 9.72. The highest BCUT2D eigenvalue weighted by molar-refractivity contribution is 7.89. The SMILES string of the molecule is NS(=O)(=O)c1cccc(NC(=O)[C@@H]2CCCN2)c1. The van der Waals surface area contributed by atoms with E-state index in [2.05, 4.69) is 10.6 Å². The zero-order chi connectivity index (χ0) is 13.2. The molecule has 1 aromatic rings. The van der Waals surface area contributed by atoms with Gasteiger partial charge in [-0.2, -0.15) is 0 Å². The van der Waals surface area contributed by atoms with E-state index in [-0.39, 0.29) is 16.8 Å². The number of benzene rings is 1. The van der Waals surface area contributed by atoms with E-state index in [0.29, 0.717) is 5.69 Å². The fourth-order valence-corrected chi connectivity index (χ4v) is 2.45. The summed E-state index contributed by atoms with van der Waals surface area (Å²) in [5, 5.41) is 10.8. The lowest BCUT2D eigenvalue weighted by molar-refractivity contribution is -0.117. The van der Waals surface area contributed by atoms with Gasteiger partial charge in [-0.05, 0) is 37.6 Å². The number of nitrogens with two attached hydrogens (primary N) is 1. The second kappa shape index (κ2) is 5.05. The number of nitrogens with one attached hydrogen (secondary N) is 2. The van der Waals surface area contributed by atoms with Crippen LogP contribution in [0.3, 0.4) is 0 Å². The molecule has 1 saturated heterocycles. The maximum Gasteiger partial charge on any atom is 0.241 e. The number of hydrogen-bond acceptors (Lipinski definition) is 4. The van der Waals surface area contributed by atoms with Crippen molar-refractivity contribution < 1.29 is 13.2 Å². The molecule has 6 nitrogen and oxygen atoms in total. The molecule has 0 unspecified atom stereocenters. The molecule has 0 bridgehead atoms. The Balaban J connectivity index is 2.12. The first-order chi connectivity index (χ1) is 8.47. The molecule has 0 aromatic heterocycles. The summed E-state index contributed by atoms with van der Waals surface area (Å²) < 4.78 is 22.4. The molecule has 1 aliphatic rings. The van der Waals surface area contributed by atoms with Gasteiger partial charge in [0.1, 0.15) is 0 Å². The number of anilines is 1. The number of carbonyl (C=O) groups excluding carboxylic acids is 1. The molecule has 0 aliphatic carbocycles. The van der Waals surface area contributed by atoms with Crippen LogP contribution in [-0.4, -0.2) is 26.9 Å². The Bertz CT molecular complexity index is 550. The van der Waals surface area contributed by atoms with Gasteiger partial charge in [0.05, 0.1) is 10.9 Å². The number of amides is 1. The second-order valence-corrected chi connectivity index (χ2v) is 5.77. The number of carbonyl (C=O) groups is 1. The van der Waals surface area contributed by atoms with Crippen LogP contribution in [0.25, 0.3) is 0 Å². The van der Waals surface area contributed by atoms with Crippen LogP contribution >= 0.6 is 0 Å². The van der Waals surface area contributed by atoms with Crippen LogP contribution in [-0.2, 0) is 14.8 Å². The summed E-state index contributed by atoms with van der Waals surface area (Å²) in [5.41, 5.74) is 0.431. The Morgan fingerprint density at radius 3 is 2.83 bits per heavy atom. The summed E-state index contributed by atoms with van der Waals surface area (Å²) in [6, 6.07) is 5.70. The third kappa shape index (κ3) is 3.06. The number of primary sulfonamides is 1. The third-order valence-corrected chi connectivity index (χ3v) is 3.72. The summed E-state index contributed by atoms with van der Waals surface area (Å²) in [6.45, 7) is 0.829.